The molecule has 0 spiro atoms. The van der Waals surface area contributed by atoms with Crippen LogP contribution in [0.15, 0.2) is 0 Å². The second-order valence-electron chi connectivity index (χ2n) is 7.96. The van der Waals surface area contributed by atoms with Gasteiger partial charge in [-0.15, -0.1) is 0 Å². The Labute approximate surface area is 168 Å². The fraction of sp³-hybridized carbons (Fsp3) is 1.00. The summed E-state index contributed by atoms with van der Waals surface area (Å²) < 4.78 is 154. The fourth-order valence-electron chi connectivity index (χ4n) is 2.49. The minimum absolute atomic E-state index is 0.0453. The molecule has 0 aromatic heterocycles. The highest BCUT2D eigenvalue weighted by molar-refractivity contribution is 7.89. The molecule has 0 aromatic rings. The number of sulfonamides is 1. The number of hydrogen-bond acceptors (Lipinski definition) is 2. The molecule has 4 nitrogen and oxygen atoms in total. The Balaban J connectivity index is 5.07. The number of nitrogens with zero attached hydrogens (tertiary/aromatic N) is 1. The van der Waals surface area contributed by atoms with Crippen LogP contribution in [-0.4, -0.2) is 77.1 Å². The van der Waals surface area contributed by atoms with Gasteiger partial charge in [0.05, 0.1) is 39.4 Å². The molecule has 0 rings (SSSR count). The molecule has 15 heteroatoms. The van der Waals surface area contributed by atoms with Crippen LogP contribution in [0.2, 0.25) is 0 Å². The highest BCUT2D eigenvalue weighted by Crippen LogP contribution is 2.52. The summed E-state index contributed by atoms with van der Waals surface area (Å²) in [6.07, 6.45) is -23.7. The zero-order valence-electron chi connectivity index (χ0n) is 16.5. The van der Waals surface area contributed by atoms with Gasteiger partial charge in [0.15, 0.2) is 0 Å². The predicted molar refractivity (Wildman–Crippen MR) is 88.7 cm³/mol. The van der Waals surface area contributed by atoms with Gasteiger partial charge in [-0.3, -0.25) is 0 Å². The molecule has 0 aliphatic heterocycles. The maximum atomic E-state index is 13.7. The number of hydrogen-bond donors (Lipinski definition) is 1. The maximum Gasteiger partial charge on any atom is 0.431 e. The van der Waals surface area contributed by atoms with Crippen LogP contribution < -0.4 is 4.72 Å². The number of quaternary nitrogens is 1. The molecular formula is C15H25F10N2O2S+. The molecule has 30 heavy (non-hydrogen) atoms. The van der Waals surface area contributed by atoms with Gasteiger partial charge in [0.2, 0.25) is 10.0 Å². The van der Waals surface area contributed by atoms with Crippen molar-refractivity contribution in [1.29, 1.82) is 0 Å². The number of alkyl halides is 10. The van der Waals surface area contributed by atoms with Crippen molar-refractivity contribution in [3.8, 4) is 0 Å². The summed E-state index contributed by atoms with van der Waals surface area (Å²) in [4.78, 5) is 0. The summed E-state index contributed by atoms with van der Waals surface area (Å²) in [6.45, 7) is 0.516. The molecule has 0 fully saturated rings. The zero-order valence-corrected chi connectivity index (χ0v) is 17.3. The van der Waals surface area contributed by atoms with Crippen LogP contribution in [0.5, 0.6) is 0 Å². The van der Waals surface area contributed by atoms with Gasteiger partial charge in [-0.25, -0.2) is 17.5 Å². The molecular weight excluding hydrogens is 462 g/mol. The van der Waals surface area contributed by atoms with E-state index in [1.165, 1.54) is 0 Å². The first-order chi connectivity index (χ1) is 13.0. The van der Waals surface area contributed by atoms with E-state index in [1.54, 1.807) is 0 Å². The van der Waals surface area contributed by atoms with Gasteiger partial charge in [0.1, 0.15) is 0 Å². The average Bonchev–Trinajstić information content (AvgIpc) is 2.46. The van der Waals surface area contributed by atoms with Crippen LogP contribution in [0.3, 0.4) is 0 Å². The van der Waals surface area contributed by atoms with Crippen LogP contribution in [0, 0.1) is 5.92 Å². The van der Waals surface area contributed by atoms with E-state index in [1.807, 2.05) is 21.1 Å². The molecule has 0 heterocycles. The lowest BCUT2D eigenvalue weighted by atomic mass is 9.87. The standard InChI is InChI=1S/C15H25F10N2O2S/c1-27(2,3)8-5-7-26-30(28,29)9-4-6-11(13(17,18)19)10-12(16,14(20,21)22)15(23,24)25/h11,26H,4-10H2,1-3H3/q+1. The molecule has 0 saturated heterocycles. The minimum atomic E-state index is -6.62. The smallest absolute Gasteiger partial charge is 0.331 e. The fourth-order valence-corrected chi connectivity index (χ4v) is 3.63. The van der Waals surface area contributed by atoms with Crippen LogP contribution in [-0.2, 0) is 10.0 Å². The van der Waals surface area contributed by atoms with Gasteiger partial charge in [0.25, 0.3) is 5.67 Å². The summed E-state index contributed by atoms with van der Waals surface area (Å²) in [5.41, 5.74) is -6.07. The third-order valence-electron chi connectivity index (χ3n) is 4.18. The van der Waals surface area contributed by atoms with Crippen molar-refractivity contribution in [3.63, 3.8) is 0 Å². The normalized spacial score (nSPS) is 16.0. The molecule has 1 atom stereocenters. The van der Waals surface area contributed by atoms with E-state index in [-0.39, 0.29) is 6.54 Å². The number of nitrogens with one attached hydrogen (secondary N) is 1. The Bertz CT molecular complexity index is 622. The second kappa shape index (κ2) is 9.76. The van der Waals surface area contributed by atoms with Crippen LogP contribution in [0.25, 0.3) is 0 Å². The molecule has 0 aromatic carbocycles. The molecule has 0 saturated carbocycles. The number of rotatable bonds is 11. The zero-order chi connectivity index (χ0) is 24.2. The molecule has 182 valence electrons. The van der Waals surface area contributed by atoms with E-state index in [2.05, 4.69) is 4.72 Å². The molecule has 0 bridgehead atoms. The molecule has 0 radical (unpaired) electrons. The lowest BCUT2D eigenvalue weighted by molar-refractivity contribution is -0.870. The largest absolute Gasteiger partial charge is 0.431 e. The summed E-state index contributed by atoms with van der Waals surface area (Å²) in [7, 11) is 1.39. The summed E-state index contributed by atoms with van der Waals surface area (Å²) >= 11 is 0. The Kier molecular flexibility index (Phi) is 9.49. The Hall–Kier alpha value is -0.830. The van der Waals surface area contributed by atoms with Gasteiger partial charge in [-0.1, -0.05) is 0 Å². The highest BCUT2D eigenvalue weighted by Gasteiger charge is 2.73. The van der Waals surface area contributed by atoms with Crippen LogP contribution in [0.4, 0.5) is 43.9 Å². The summed E-state index contributed by atoms with van der Waals surface area (Å²) in [5, 5.41) is 0. The third-order valence-corrected chi connectivity index (χ3v) is 5.65. The van der Waals surface area contributed by atoms with E-state index < -0.39 is 65.2 Å². The first-order valence-electron chi connectivity index (χ1n) is 8.69. The highest BCUT2D eigenvalue weighted by atomic mass is 32.2. The van der Waals surface area contributed by atoms with E-state index in [0.717, 1.165) is 0 Å². The van der Waals surface area contributed by atoms with Gasteiger partial charge >= 0.3 is 18.5 Å². The van der Waals surface area contributed by atoms with Crippen molar-refractivity contribution in [3.05, 3.63) is 0 Å². The van der Waals surface area contributed by atoms with Crippen molar-refractivity contribution in [2.75, 3.05) is 40.0 Å². The first kappa shape index (κ1) is 29.2. The average molecular weight is 487 g/mol. The van der Waals surface area contributed by atoms with Gasteiger partial charge in [-0.2, -0.15) is 39.5 Å². The minimum Gasteiger partial charge on any atom is -0.331 e. The third kappa shape index (κ3) is 9.54. The Morgan fingerprint density at radius 2 is 1.30 bits per heavy atom. The molecule has 0 amide bonds. The van der Waals surface area contributed by atoms with Crippen LogP contribution >= 0.6 is 0 Å². The Morgan fingerprint density at radius 3 is 1.67 bits per heavy atom. The van der Waals surface area contributed by atoms with E-state index in [9.17, 15) is 52.3 Å². The van der Waals surface area contributed by atoms with E-state index >= 15 is 0 Å². The number of halogens is 10. The van der Waals surface area contributed by atoms with Crippen molar-refractivity contribution >= 4 is 10.0 Å². The lowest BCUT2D eigenvalue weighted by Gasteiger charge is -2.33. The van der Waals surface area contributed by atoms with Crippen molar-refractivity contribution in [2.24, 2.45) is 5.92 Å². The predicted octanol–water partition coefficient (Wildman–Crippen LogP) is 4.18. The van der Waals surface area contributed by atoms with Gasteiger partial charge < -0.3 is 4.48 Å². The molecule has 1 N–H and O–H groups in total. The Morgan fingerprint density at radius 1 is 0.833 bits per heavy atom. The van der Waals surface area contributed by atoms with Crippen LogP contribution in [0.1, 0.15) is 25.7 Å². The quantitative estimate of drug-likeness (QED) is 0.270. The monoisotopic (exact) mass is 487 g/mol. The van der Waals surface area contributed by atoms with E-state index in [4.69, 9.17) is 0 Å². The lowest BCUT2D eigenvalue weighted by Crippen LogP contribution is -2.55. The first-order valence-corrected chi connectivity index (χ1v) is 10.3. The summed E-state index contributed by atoms with van der Waals surface area (Å²) in [5.74, 6) is -4.29. The molecule has 0 aliphatic rings. The summed E-state index contributed by atoms with van der Waals surface area (Å²) in [6, 6.07) is 0. The molecule has 1 unspecified atom stereocenters. The van der Waals surface area contributed by atoms with Gasteiger partial charge in [0, 0.05) is 19.4 Å². The van der Waals surface area contributed by atoms with Crippen molar-refractivity contribution < 1.29 is 56.8 Å². The van der Waals surface area contributed by atoms with Gasteiger partial charge in [-0.05, 0) is 12.8 Å². The SMILES string of the molecule is C[N+](C)(C)CCCNS(=O)(=O)CCCC(CC(F)(C(F)(F)F)C(F)(F)F)C(F)(F)F. The second-order valence-corrected chi connectivity index (χ2v) is 9.89. The van der Waals surface area contributed by atoms with Crippen molar-refractivity contribution in [2.45, 2.75) is 49.9 Å². The van der Waals surface area contributed by atoms with E-state index in [0.29, 0.717) is 17.4 Å². The maximum absolute atomic E-state index is 13.7. The molecule has 0 aliphatic carbocycles. The topological polar surface area (TPSA) is 46.2 Å². The van der Waals surface area contributed by atoms with Crippen molar-refractivity contribution in [1.82, 2.24) is 4.72 Å².